The third kappa shape index (κ3) is 5.84. The number of aryl methyl sites for hydroxylation is 1. The van der Waals surface area contributed by atoms with Crippen molar-refractivity contribution in [2.45, 2.75) is 25.2 Å². The van der Waals surface area contributed by atoms with Crippen LogP contribution >= 0.6 is 11.8 Å². The van der Waals surface area contributed by atoms with E-state index >= 15 is 0 Å². The Balaban J connectivity index is 1.43. The second-order valence-electron chi connectivity index (χ2n) is 7.37. The van der Waals surface area contributed by atoms with E-state index in [1.807, 2.05) is 18.2 Å². The van der Waals surface area contributed by atoms with Crippen LogP contribution < -0.4 is 4.74 Å². The van der Waals surface area contributed by atoms with Crippen molar-refractivity contribution in [1.82, 2.24) is 19.7 Å². The van der Waals surface area contributed by atoms with Gasteiger partial charge in [-0.3, -0.25) is 9.47 Å². The zero-order valence-electron chi connectivity index (χ0n) is 17.4. The molecule has 4 rings (SSSR count). The van der Waals surface area contributed by atoms with E-state index in [1.54, 1.807) is 11.8 Å². The van der Waals surface area contributed by atoms with E-state index in [1.165, 1.54) is 11.1 Å². The van der Waals surface area contributed by atoms with E-state index in [2.05, 4.69) is 63.0 Å². The average Bonchev–Trinajstić information content (AvgIpc) is 3.16. The molecule has 3 aromatic rings. The molecule has 1 aliphatic rings. The van der Waals surface area contributed by atoms with E-state index in [9.17, 15) is 0 Å². The van der Waals surface area contributed by atoms with Crippen LogP contribution in [0.3, 0.4) is 0 Å². The second-order valence-corrected chi connectivity index (χ2v) is 8.44. The zero-order valence-corrected chi connectivity index (χ0v) is 18.2. The summed E-state index contributed by atoms with van der Waals surface area (Å²) < 4.78 is 13.6. The second kappa shape index (κ2) is 10.6. The third-order valence-corrected chi connectivity index (χ3v) is 6.06. The lowest BCUT2D eigenvalue weighted by Gasteiger charge is -2.26. The molecule has 2 aromatic carbocycles. The summed E-state index contributed by atoms with van der Waals surface area (Å²) in [6.45, 7) is 7.90. The minimum atomic E-state index is 0.396. The minimum absolute atomic E-state index is 0.396. The van der Waals surface area contributed by atoms with Gasteiger partial charge in [0.05, 0.1) is 19.8 Å². The summed E-state index contributed by atoms with van der Waals surface area (Å²) in [6.07, 6.45) is 0. The van der Waals surface area contributed by atoms with Crippen molar-refractivity contribution >= 4 is 11.8 Å². The van der Waals surface area contributed by atoms with E-state index < -0.39 is 0 Å². The third-order valence-electron chi connectivity index (χ3n) is 5.11. The van der Waals surface area contributed by atoms with Crippen LogP contribution in [0.2, 0.25) is 0 Å². The molecule has 6 nitrogen and oxygen atoms in total. The number of morpholine rings is 1. The van der Waals surface area contributed by atoms with Crippen LogP contribution in [0, 0.1) is 6.92 Å². The van der Waals surface area contributed by atoms with Crippen LogP contribution in [0.1, 0.15) is 17.0 Å². The summed E-state index contributed by atoms with van der Waals surface area (Å²) >= 11 is 1.76. The lowest BCUT2D eigenvalue weighted by molar-refractivity contribution is 0.0410. The van der Waals surface area contributed by atoms with Gasteiger partial charge in [-0.05, 0) is 24.6 Å². The van der Waals surface area contributed by atoms with E-state index in [0.717, 1.165) is 61.9 Å². The van der Waals surface area contributed by atoms with E-state index in [-0.39, 0.29) is 0 Å². The fourth-order valence-corrected chi connectivity index (χ4v) is 4.29. The smallest absolute Gasteiger partial charge is 0.191 e. The van der Waals surface area contributed by atoms with Crippen molar-refractivity contribution in [1.29, 1.82) is 0 Å². The molecule has 0 saturated carbocycles. The van der Waals surface area contributed by atoms with Crippen molar-refractivity contribution in [3.63, 3.8) is 0 Å². The SMILES string of the molecule is Cc1ccc(OCc2nnc(SCCN3CCOCC3)n2Cc2ccccc2)cc1. The molecule has 0 unspecified atom stereocenters. The van der Waals surface area contributed by atoms with Crippen molar-refractivity contribution in [2.24, 2.45) is 0 Å². The Morgan fingerprint density at radius 1 is 1.00 bits per heavy atom. The molecule has 1 fully saturated rings. The first-order valence-electron chi connectivity index (χ1n) is 10.4. The van der Waals surface area contributed by atoms with E-state index in [0.29, 0.717) is 6.61 Å². The Morgan fingerprint density at radius 3 is 2.53 bits per heavy atom. The van der Waals surface area contributed by atoms with Crippen LogP contribution in [0.25, 0.3) is 0 Å². The highest BCUT2D eigenvalue weighted by Gasteiger charge is 2.15. The topological polar surface area (TPSA) is 52.4 Å². The fourth-order valence-electron chi connectivity index (χ4n) is 3.33. The van der Waals surface area contributed by atoms with Gasteiger partial charge in [0.25, 0.3) is 0 Å². The highest BCUT2D eigenvalue weighted by molar-refractivity contribution is 7.99. The van der Waals surface area contributed by atoms with Gasteiger partial charge in [0.15, 0.2) is 11.0 Å². The Bertz CT molecular complexity index is 909. The van der Waals surface area contributed by atoms with Crippen molar-refractivity contribution < 1.29 is 9.47 Å². The van der Waals surface area contributed by atoms with Crippen molar-refractivity contribution in [2.75, 3.05) is 38.6 Å². The first-order chi connectivity index (χ1) is 14.8. The van der Waals surface area contributed by atoms with Crippen LogP contribution in [0.15, 0.2) is 59.8 Å². The summed E-state index contributed by atoms with van der Waals surface area (Å²) in [4.78, 5) is 2.44. The molecule has 0 bridgehead atoms. The van der Waals surface area contributed by atoms with Gasteiger partial charge < -0.3 is 9.47 Å². The molecule has 0 amide bonds. The molecule has 158 valence electrons. The summed E-state index contributed by atoms with van der Waals surface area (Å²) in [6, 6.07) is 18.5. The Kier molecular flexibility index (Phi) is 7.39. The molecule has 7 heteroatoms. The molecule has 2 heterocycles. The lowest BCUT2D eigenvalue weighted by atomic mass is 10.2. The number of nitrogens with zero attached hydrogens (tertiary/aromatic N) is 4. The lowest BCUT2D eigenvalue weighted by Crippen LogP contribution is -2.37. The first kappa shape index (κ1) is 20.9. The minimum Gasteiger partial charge on any atom is -0.486 e. The van der Waals surface area contributed by atoms with Gasteiger partial charge in [0, 0.05) is 25.4 Å². The maximum Gasteiger partial charge on any atom is 0.191 e. The summed E-state index contributed by atoms with van der Waals surface area (Å²) in [7, 11) is 0. The number of thioether (sulfide) groups is 1. The van der Waals surface area contributed by atoms with Crippen LogP contribution in [-0.4, -0.2) is 58.3 Å². The molecule has 1 aliphatic heterocycles. The van der Waals surface area contributed by atoms with Crippen LogP contribution in [0.4, 0.5) is 0 Å². The highest BCUT2D eigenvalue weighted by atomic mass is 32.2. The summed E-state index contributed by atoms with van der Waals surface area (Å²) in [5.74, 6) is 2.66. The number of aromatic nitrogens is 3. The van der Waals surface area contributed by atoms with Gasteiger partial charge in [-0.1, -0.05) is 59.8 Å². The fraction of sp³-hybridized carbons (Fsp3) is 0.391. The number of rotatable bonds is 9. The largest absolute Gasteiger partial charge is 0.486 e. The number of ether oxygens (including phenoxy) is 2. The Morgan fingerprint density at radius 2 is 1.77 bits per heavy atom. The van der Waals surface area contributed by atoms with Crippen LogP contribution in [-0.2, 0) is 17.9 Å². The molecule has 1 saturated heterocycles. The molecule has 0 atom stereocenters. The average molecular weight is 425 g/mol. The van der Waals surface area contributed by atoms with Gasteiger partial charge in [0.2, 0.25) is 0 Å². The van der Waals surface area contributed by atoms with Gasteiger partial charge in [-0.2, -0.15) is 0 Å². The van der Waals surface area contributed by atoms with Crippen molar-refractivity contribution in [3.05, 3.63) is 71.5 Å². The molecule has 0 spiro atoms. The molecule has 0 N–H and O–H groups in total. The predicted molar refractivity (Wildman–Crippen MR) is 119 cm³/mol. The predicted octanol–water partition coefficient (Wildman–Crippen LogP) is 3.64. The maximum atomic E-state index is 5.98. The van der Waals surface area contributed by atoms with Gasteiger partial charge in [0.1, 0.15) is 12.4 Å². The maximum absolute atomic E-state index is 5.98. The molecule has 0 aliphatic carbocycles. The molecular formula is C23H28N4O2S. The van der Waals surface area contributed by atoms with E-state index in [4.69, 9.17) is 9.47 Å². The molecule has 1 aromatic heterocycles. The summed E-state index contributed by atoms with van der Waals surface area (Å²) in [5.41, 5.74) is 2.44. The standard InChI is InChI=1S/C23H28N4O2S/c1-19-7-9-21(10-8-19)29-18-22-24-25-23(27(22)17-20-5-3-2-4-6-20)30-16-13-26-11-14-28-15-12-26/h2-10H,11-18H2,1H3. The van der Waals surface area contributed by atoms with Gasteiger partial charge >= 0.3 is 0 Å². The summed E-state index contributed by atoms with van der Waals surface area (Å²) in [5, 5.41) is 9.86. The zero-order chi connectivity index (χ0) is 20.6. The Labute approximate surface area is 182 Å². The molecule has 0 radical (unpaired) electrons. The number of hydrogen-bond acceptors (Lipinski definition) is 6. The number of hydrogen-bond donors (Lipinski definition) is 0. The van der Waals surface area contributed by atoms with Crippen molar-refractivity contribution in [3.8, 4) is 5.75 Å². The van der Waals surface area contributed by atoms with Gasteiger partial charge in [-0.15, -0.1) is 10.2 Å². The quantitative estimate of drug-likeness (QED) is 0.489. The monoisotopic (exact) mass is 424 g/mol. The van der Waals surface area contributed by atoms with Crippen LogP contribution in [0.5, 0.6) is 5.75 Å². The molecular weight excluding hydrogens is 396 g/mol. The number of benzene rings is 2. The first-order valence-corrected chi connectivity index (χ1v) is 11.3. The van der Waals surface area contributed by atoms with Gasteiger partial charge in [-0.25, -0.2) is 0 Å². The molecule has 30 heavy (non-hydrogen) atoms. The normalized spacial score (nSPS) is 14.7. The Hall–Kier alpha value is -2.35. The highest BCUT2D eigenvalue weighted by Crippen LogP contribution is 2.21.